The summed E-state index contributed by atoms with van der Waals surface area (Å²) >= 11 is 1.31. The molecule has 2 heteroatoms. The molecule has 0 unspecified atom stereocenters. The van der Waals surface area contributed by atoms with Crippen LogP contribution in [0.4, 0.5) is 0 Å². The second kappa shape index (κ2) is 5.71. The minimum Gasteiger partial charge on any atom is -0.314 e. The maximum Gasteiger partial charge on any atom is 0.0507 e. The second-order valence-corrected chi connectivity index (χ2v) is 4.33. The third-order valence-electron chi connectivity index (χ3n) is 2.59. The van der Waals surface area contributed by atoms with Gasteiger partial charge >= 0.3 is 0 Å². The molecule has 0 fully saturated rings. The molecule has 0 N–H and O–H groups in total. The normalized spacial score (nSPS) is 11.7. The fourth-order valence-corrected chi connectivity index (χ4v) is 2.22. The van der Waals surface area contributed by atoms with Crippen molar-refractivity contribution in [3.8, 4) is 0 Å². The van der Waals surface area contributed by atoms with Gasteiger partial charge in [0.15, 0.2) is 0 Å². The Balaban J connectivity index is 2.57. The zero-order valence-electron chi connectivity index (χ0n) is 9.72. The highest BCUT2D eigenvalue weighted by molar-refractivity contribution is 7.97. The van der Waals surface area contributed by atoms with Crippen molar-refractivity contribution < 1.29 is 4.18 Å². The van der Waals surface area contributed by atoms with Crippen molar-refractivity contribution in [3.63, 3.8) is 0 Å². The topological polar surface area (TPSA) is 9.23 Å². The summed E-state index contributed by atoms with van der Waals surface area (Å²) in [5, 5.41) is 4.44. The Morgan fingerprint density at radius 3 is 2.71 bits per heavy atom. The van der Waals surface area contributed by atoms with Crippen molar-refractivity contribution in [2.75, 3.05) is 7.11 Å². The van der Waals surface area contributed by atoms with E-state index >= 15 is 0 Å². The maximum atomic E-state index is 5.00. The Morgan fingerprint density at radius 2 is 1.94 bits per heavy atom. The Labute approximate surface area is 106 Å². The SMILES string of the molecule is C=C/C(=C\SOC)c1cccc2ccccc12. The van der Waals surface area contributed by atoms with Crippen LogP contribution in [0.3, 0.4) is 0 Å². The molecule has 86 valence electrons. The van der Waals surface area contributed by atoms with Crippen molar-refractivity contribution in [1.82, 2.24) is 0 Å². The summed E-state index contributed by atoms with van der Waals surface area (Å²) in [5.74, 6) is 0. The highest BCUT2D eigenvalue weighted by Gasteiger charge is 2.02. The van der Waals surface area contributed by atoms with Crippen molar-refractivity contribution >= 4 is 28.4 Å². The van der Waals surface area contributed by atoms with E-state index in [2.05, 4.69) is 43.0 Å². The highest BCUT2D eigenvalue weighted by Crippen LogP contribution is 2.27. The van der Waals surface area contributed by atoms with Gasteiger partial charge in [-0.3, -0.25) is 0 Å². The first-order valence-electron chi connectivity index (χ1n) is 5.37. The van der Waals surface area contributed by atoms with Crippen molar-refractivity contribution in [2.24, 2.45) is 0 Å². The van der Waals surface area contributed by atoms with Crippen molar-refractivity contribution in [1.29, 1.82) is 0 Å². The number of hydrogen-bond acceptors (Lipinski definition) is 2. The molecule has 0 amide bonds. The molecule has 0 bridgehead atoms. The summed E-state index contributed by atoms with van der Waals surface area (Å²) in [7, 11) is 1.66. The van der Waals surface area contributed by atoms with Crippen LogP contribution in [0.1, 0.15) is 5.56 Å². The lowest BCUT2D eigenvalue weighted by atomic mass is 9.99. The van der Waals surface area contributed by atoms with Gasteiger partial charge < -0.3 is 4.18 Å². The molecule has 0 heterocycles. The van der Waals surface area contributed by atoms with Gasteiger partial charge in [-0.1, -0.05) is 55.1 Å². The minimum absolute atomic E-state index is 1.08. The molecule has 0 saturated heterocycles. The highest BCUT2D eigenvalue weighted by atomic mass is 32.2. The summed E-state index contributed by atoms with van der Waals surface area (Å²) in [6.45, 7) is 3.86. The van der Waals surface area contributed by atoms with E-state index in [9.17, 15) is 0 Å². The van der Waals surface area contributed by atoms with Gasteiger partial charge in [0, 0.05) is 17.5 Å². The van der Waals surface area contributed by atoms with E-state index in [1.165, 1.54) is 28.4 Å². The van der Waals surface area contributed by atoms with E-state index in [-0.39, 0.29) is 0 Å². The monoisotopic (exact) mass is 242 g/mol. The molecule has 0 aromatic heterocycles. The zero-order valence-corrected chi connectivity index (χ0v) is 10.5. The van der Waals surface area contributed by atoms with E-state index in [0.29, 0.717) is 0 Å². The number of fused-ring (bicyclic) bond motifs is 1. The Morgan fingerprint density at radius 1 is 1.18 bits per heavy atom. The van der Waals surface area contributed by atoms with Gasteiger partial charge in [0.2, 0.25) is 0 Å². The molecule has 0 aliphatic rings. The fraction of sp³-hybridized carbons (Fsp3) is 0.0667. The zero-order chi connectivity index (χ0) is 12.1. The molecule has 0 spiro atoms. The van der Waals surface area contributed by atoms with Crippen LogP contribution in [-0.4, -0.2) is 7.11 Å². The maximum absolute atomic E-state index is 5.00. The van der Waals surface area contributed by atoms with Gasteiger partial charge in [-0.05, 0) is 21.9 Å². The van der Waals surface area contributed by atoms with E-state index in [1.54, 1.807) is 7.11 Å². The predicted octanol–water partition coefficient (Wildman–Crippen LogP) is 4.66. The molecule has 1 nitrogen and oxygen atoms in total. The number of hydrogen-bond donors (Lipinski definition) is 0. The van der Waals surface area contributed by atoms with Crippen molar-refractivity contribution in [2.45, 2.75) is 0 Å². The van der Waals surface area contributed by atoms with E-state index in [1.807, 2.05) is 17.6 Å². The largest absolute Gasteiger partial charge is 0.314 e. The van der Waals surface area contributed by atoms with Crippen LogP contribution < -0.4 is 0 Å². The average molecular weight is 242 g/mol. The average Bonchev–Trinajstić information content (AvgIpc) is 2.40. The summed E-state index contributed by atoms with van der Waals surface area (Å²) in [6, 6.07) is 14.6. The molecule has 0 radical (unpaired) electrons. The number of rotatable bonds is 4. The first-order valence-corrected chi connectivity index (χ1v) is 6.17. The summed E-state index contributed by atoms with van der Waals surface area (Å²) < 4.78 is 5.00. The van der Waals surface area contributed by atoms with E-state index in [4.69, 9.17) is 4.18 Å². The molecule has 0 aliphatic heterocycles. The summed E-state index contributed by atoms with van der Waals surface area (Å²) in [5.41, 5.74) is 2.26. The van der Waals surface area contributed by atoms with Crippen molar-refractivity contribution in [3.05, 3.63) is 66.1 Å². The smallest absolute Gasteiger partial charge is 0.0507 e. The molecule has 2 aromatic carbocycles. The minimum atomic E-state index is 1.08. The van der Waals surface area contributed by atoms with Gasteiger partial charge in [-0.15, -0.1) is 0 Å². The van der Waals surface area contributed by atoms with Gasteiger partial charge in [-0.2, -0.15) is 0 Å². The Hall–Kier alpha value is -1.51. The van der Waals surface area contributed by atoms with Gasteiger partial charge in [0.05, 0.1) is 7.11 Å². The Bertz CT molecular complexity index is 552. The van der Waals surface area contributed by atoms with Crippen LogP contribution in [-0.2, 0) is 4.18 Å². The lowest BCUT2D eigenvalue weighted by molar-refractivity contribution is 0.494. The lowest BCUT2D eigenvalue weighted by Crippen LogP contribution is -1.83. The quantitative estimate of drug-likeness (QED) is 0.569. The first-order chi connectivity index (χ1) is 8.36. The Kier molecular flexibility index (Phi) is 4.02. The number of allylic oxidation sites excluding steroid dienone is 2. The molecular weight excluding hydrogens is 228 g/mol. The molecule has 2 aromatic rings. The van der Waals surface area contributed by atoms with Crippen LogP contribution in [0.5, 0.6) is 0 Å². The van der Waals surface area contributed by atoms with Gasteiger partial charge in [0.25, 0.3) is 0 Å². The third-order valence-corrected chi connectivity index (χ3v) is 3.13. The lowest BCUT2D eigenvalue weighted by Gasteiger charge is -2.07. The predicted molar refractivity (Wildman–Crippen MR) is 76.7 cm³/mol. The summed E-state index contributed by atoms with van der Waals surface area (Å²) in [4.78, 5) is 0. The molecule has 0 saturated carbocycles. The van der Waals surface area contributed by atoms with Crippen LogP contribution in [0.15, 0.2) is 60.5 Å². The molecule has 2 rings (SSSR count). The fourth-order valence-electron chi connectivity index (χ4n) is 1.80. The third kappa shape index (κ3) is 2.60. The van der Waals surface area contributed by atoms with Crippen LogP contribution in [0.25, 0.3) is 16.3 Å². The van der Waals surface area contributed by atoms with Crippen LogP contribution in [0.2, 0.25) is 0 Å². The molecule has 17 heavy (non-hydrogen) atoms. The van der Waals surface area contributed by atoms with Crippen LogP contribution in [0, 0.1) is 0 Å². The standard InChI is InChI=1S/C15H14OS/c1-3-12(11-17-16-2)14-10-6-8-13-7-4-5-9-15(13)14/h3-11H,1H2,2H3/b12-11+. The second-order valence-electron chi connectivity index (χ2n) is 3.57. The summed E-state index contributed by atoms with van der Waals surface area (Å²) in [6.07, 6.45) is 1.85. The van der Waals surface area contributed by atoms with Gasteiger partial charge in [0.1, 0.15) is 0 Å². The van der Waals surface area contributed by atoms with E-state index < -0.39 is 0 Å². The van der Waals surface area contributed by atoms with E-state index in [0.717, 1.165) is 5.57 Å². The van der Waals surface area contributed by atoms with Gasteiger partial charge in [-0.25, -0.2) is 0 Å². The molecular formula is C15H14OS. The number of benzene rings is 2. The van der Waals surface area contributed by atoms with Crippen LogP contribution >= 0.6 is 12.0 Å². The first kappa shape index (κ1) is 12.0. The molecule has 0 aliphatic carbocycles. The molecule has 0 atom stereocenters.